The first kappa shape index (κ1) is 15.9. The monoisotopic (exact) mass is 309 g/mol. The number of hydrogen-bond acceptors (Lipinski definition) is 2. The molecule has 10 heteroatoms. The maximum absolute atomic E-state index is 12.8. The Bertz CT molecular complexity index is 567. The van der Waals surface area contributed by atoms with E-state index in [9.17, 15) is 13.2 Å². The van der Waals surface area contributed by atoms with Crippen LogP contribution >= 0.6 is 11.6 Å². The highest BCUT2D eigenvalue weighted by atomic mass is 35.5. The number of nitrogens with zero attached hydrogens (tertiary/aromatic N) is 2. The molecule has 6 nitrogen and oxygen atoms in total. The van der Waals surface area contributed by atoms with Crippen molar-refractivity contribution < 1.29 is 17.9 Å². The predicted octanol–water partition coefficient (Wildman–Crippen LogP) is 1.59. The van der Waals surface area contributed by atoms with Crippen molar-refractivity contribution in [1.82, 2.24) is 0 Å². The highest BCUT2D eigenvalue weighted by molar-refractivity contribution is 6.34. The summed E-state index contributed by atoms with van der Waals surface area (Å²) in [5.41, 5.74) is 14.1. The molecule has 0 aliphatic rings. The molecule has 0 radical (unpaired) electrons. The Morgan fingerprint density at radius 3 is 2.30 bits per heavy atom. The lowest BCUT2D eigenvalue weighted by Gasteiger charge is -2.12. The number of guanidine groups is 2. The van der Waals surface area contributed by atoms with Gasteiger partial charge >= 0.3 is 6.18 Å². The summed E-state index contributed by atoms with van der Waals surface area (Å²) in [5.74, 6) is -0.910. The van der Waals surface area contributed by atoms with Gasteiger partial charge in [-0.05, 0) is 6.07 Å². The van der Waals surface area contributed by atoms with Crippen molar-refractivity contribution in [3.05, 3.63) is 22.7 Å². The highest BCUT2D eigenvalue weighted by Gasteiger charge is 2.35. The average Bonchev–Trinajstić information content (AvgIpc) is 2.29. The fourth-order valence-electron chi connectivity index (χ4n) is 1.27. The second-order valence-corrected chi connectivity index (χ2v) is 3.89. The van der Waals surface area contributed by atoms with Gasteiger partial charge in [-0.1, -0.05) is 11.6 Å². The standard InChI is InChI=1S/C10H11ClF3N5O/c1-20-4-2-5(10(12,13)14)7(11)6(3-4)18-9(17)19-8(15)16/h2-3H,1H3,(H6,15,16,17,18,19). The van der Waals surface area contributed by atoms with Gasteiger partial charge in [-0.25, -0.2) is 4.99 Å². The summed E-state index contributed by atoms with van der Waals surface area (Å²) in [6.07, 6.45) is -4.67. The zero-order valence-electron chi connectivity index (χ0n) is 10.2. The predicted molar refractivity (Wildman–Crippen MR) is 70.1 cm³/mol. The lowest BCUT2D eigenvalue weighted by Crippen LogP contribution is -2.26. The summed E-state index contributed by atoms with van der Waals surface area (Å²) in [5, 5.41) is -0.632. The first-order chi connectivity index (χ1) is 9.15. The van der Waals surface area contributed by atoms with Gasteiger partial charge in [-0.2, -0.15) is 18.2 Å². The van der Waals surface area contributed by atoms with E-state index in [1.54, 1.807) is 0 Å². The highest BCUT2D eigenvalue weighted by Crippen LogP contribution is 2.42. The second kappa shape index (κ2) is 5.87. The van der Waals surface area contributed by atoms with Crippen LogP contribution in [-0.4, -0.2) is 19.0 Å². The fourth-order valence-corrected chi connectivity index (χ4v) is 1.53. The minimum atomic E-state index is -4.67. The molecule has 110 valence electrons. The molecule has 0 spiro atoms. The first-order valence-electron chi connectivity index (χ1n) is 5.03. The molecular weight excluding hydrogens is 299 g/mol. The Morgan fingerprint density at radius 2 is 1.85 bits per heavy atom. The molecular formula is C10H11ClF3N5O. The molecule has 0 heterocycles. The van der Waals surface area contributed by atoms with Gasteiger partial charge in [0.05, 0.1) is 23.4 Å². The molecule has 0 aliphatic heterocycles. The fraction of sp³-hybridized carbons (Fsp3) is 0.200. The molecule has 0 saturated heterocycles. The maximum Gasteiger partial charge on any atom is 0.418 e. The molecule has 0 unspecified atom stereocenters. The molecule has 0 amide bonds. The molecule has 1 rings (SSSR count). The Morgan fingerprint density at radius 1 is 1.25 bits per heavy atom. The van der Waals surface area contributed by atoms with E-state index in [4.69, 9.17) is 33.5 Å². The van der Waals surface area contributed by atoms with Crippen LogP contribution in [0.25, 0.3) is 0 Å². The third-order valence-electron chi connectivity index (χ3n) is 2.05. The molecule has 0 saturated carbocycles. The Balaban J connectivity index is 3.44. The van der Waals surface area contributed by atoms with E-state index >= 15 is 0 Å². The van der Waals surface area contributed by atoms with Crippen LogP contribution in [0.15, 0.2) is 22.1 Å². The van der Waals surface area contributed by atoms with E-state index in [1.807, 2.05) is 0 Å². The van der Waals surface area contributed by atoms with Crippen molar-refractivity contribution >= 4 is 29.2 Å². The van der Waals surface area contributed by atoms with Crippen LogP contribution in [0.2, 0.25) is 5.02 Å². The Hall–Kier alpha value is -2.16. The smallest absolute Gasteiger partial charge is 0.418 e. The van der Waals surface area contributed by atoms with Crippen molar-refractivity contribution in [3.8, 4) is 5.75 Å². The van der Waals surface area contributed by atoms with E-state index in [0.29, 0.717) is 0 Å². The normalized spacial score (nSPS) is 12.2. The van der Waals surface area contributed by atoms with E-state index in [-0.39, 0.29) is 17.4 Å². The van der Waals surface area contributed by atoms with Gasteiger partial charge in [0.2, 0.25) is 5.96 Å². The van der Waals surface area contributed by atoms with Crippen molar-refractivity contribution in [1.29, 1.82) is 0 Å². The number of rotatable bonds is 2. The summed E-state index contributed by atoms with van der Waals surface area (Å²) < 4.78 is 43.2. The molecule has 1 aromatic rings. The molecule has 20 heavy (non-hydrogen) atoms. The molecule has 0 aliphatic carbocycles. The van der Waals surface area contributed by atoms with Gasteiger partial charge in [-0.3, -0.25) is 0 Å². The number of alkyl halides is 3. The number of aliphatic imine (C=N–C) groups is 2. The van der Waals surface area contributed by atoms with Gasteiger partial charge in [-0.15, -0.1) is 0 Å². The Labute approximate surface area is 117 Å². The second-order valence-electron chi connectivity index (χ2n) is 3.51. The van der Waals surface area contributed by atoms with Crippen LogP contribution in [0.1, 0.15) is 5.56 Å². The van der Waals surface area contributed by atoms with Gasteiger partial charge in [0, 0.05) is 6.07 Å². The molecule has 0 atom stereocenters. The maximum atomic E-state index is 12.8. The molecule has 0 aromatic heterocycles. The quantitative estimate of drug-likeness (QED) is 0.568. The van der Waals surface area contributed by atoms with E-state index < -0.39 is 22.7 Å². The first-order valence-corrected chi connectivity index (χ1v) is 5.41. The van der Waals surface area contributed by atoms with Crippen molar-refractivity contribution in [2.75, 3.05) is 7.11 Å². The minimum Gasteiger partial charge on any atom is -0.497 e. The molecule has 0 bridgehead atoms. The van der Waals surface area contributed by atoms with Crippen LogP contribution in [0.4, 0.5) is 18.9 Å². The number of ether oxygens (including phenoxy) is 1. The van der Waals surface area contributed by atoms with Gasteiger partial charge in [0.25, 0.3) is 0 Å². The summed E-state index contributed by atoms with van der Waals surface area (Å²) >= 11 is 5.65. The minimum absolute atomic E-state index is 0.0852. The van der Waals surface area contributed by atoms with Crippen LogP contribution in [0.5, 0.6) is 5.75 Å². The Kier molecular flexibility index (Phi) is 4.66. The summed E-state index contributed by atoms with van der Waals surface area (Å²) in [6.45, 7) is 0. The average molecular weight is 310 g/mol. The molecule has 0 fully saturated rings. The van der Waals surface area contributed by atoms with Crippen LogP contribution in [0, 0.1) is 0 Å². The largest absolute Gasteiger partial charge is 0.497 e. The molecule has 6 N–H and O–H groups in total. The third kappa shape index (κ3) is 3.92. The van der Waals surface area contributed by atoms with Crippen molar-refractivity contribution in [2.24, 2.45) is 27.2 Å². The van der Waals surface area contributed by atoms with Gasteiger partial charge in [0.15, 0.2) is 5.96 Å². The number of methoxy groups -OCH3 is 1. The van der Waals surface area contributed by atoms with Crippen LogP contribution in [0.3, 0.4) is 0 Å². The lowest BCUT2D eigenvalue weighted by molar-refractivity contribution is -0.137. The number of nitrogens with two attached hydrogens (primary N) is 3. The zero-order valence-corrected chi connectivity index (χ0v) is 11.0. The summed E-state index contributed by atoms with van der Waals surface area (Å²) in [7, 11) is 1.20. The van der Waals surface area contributed by atoms with Crippen molar-refractivity contribution in [3.63, 3.8) is 0 Å². The third-order valence-corrected chi connectivity index (χ3v) is 2.44. The van der Waals surface area contributed by atoms with E-state index in [0.717, 1.165) is 6.07 Å². The zero-order chi connectivity index (χ0) is 15.5. The SMILES string of the molecule is COc1cc(N=C(N)N=C(N)N)c(Cl)c(C(F)(F)F)c1. The lowest BCUT2D eigenvalue weighted by atomic mass is 10.2. The summed E-state index contributed by atoms with van der Waals surface area (Å²) in [6, 6.07) is 1.92. The van der Waals surface area contributed by atoms with Crippen molar-refractivity contribution in [2.45, 2.75) is 6.18 Å². The van der Waals surface area contributed by atoms with Crippen LogP contribution in [-0.2, 0) is 6.18 Å². The number of benzene rings is 1. The van der Waals surface area contributed by atoms with Crippen LogP contribution < -0.4 is 21.9 Å². The van der Waals surface area contributed by atoms with Gasteiger partial charge < -0.3 is 21.9 Å². The topological polar surface area (TPSA) is 112 Å². The number of halogens is 4. The number of hydrogen-bond donors (Lipinski definition) is 3. The molecule has 1 aromatic carbocycles. The summed E-state index contributed by atoms with van der Waals surface area (Å²) in [4.78, 5) is 7.00. The van der Waals surface area contributed by atoms with E-state index in [2.05, 4.69) is 9.98 Å². The van der Waals surface area contributed by atoms with E-state index in [1.165, 1.54) is 13.2 Å². The van der Waals surface area contributed by atoms with Gasteiger partial charge in [0.1, 0.15) is 5.75 Å².